The summed E-state index contributed by atoms with van der Waals surface area (Å²) in [6.45, 7) is 9.24. The zero-order valence-electron chi connectivity index (χ0n) is 14.4. The molecule has 0 saturated carbocycles. The lowest BCUT2D eigenvalue weighted by Gasteiger charge is -2.31. The van der Waals surface area contributed by atoms with Crippen molar-refractivity contribution in [3.05, 3.63) is 17.5 Å². The molecular formula is C17H29N3O3. The van der Waals surface area contributed by atoms with E-state index in [1.165, 1.54) is 12.8 Å². The molecule has 2 heterocycles. The summed E-state index contributed by atoms with van der Waals surface area (Å²) >= 11 is 0. The number of piperidine rings is 1. The lowest BCUT2D eigenvalue weighted by Crippen LogP contribution is -2.43. The van der Waals surface area contributed by atoms with Crippen molar-refractivity contribution in [3.63, 3.8) is 0 Å². The molecule has 1 aromatic heterocycles. The number of amides is 1. The summed E-state index contributed by atoms with van der Waals surface area (Å²) in [5, 5.41) is 16.7. The number of hydrogen-bond donors (Lipinski definition) is 2. The number of nitrogens with one attached hydrogen (secondary N) is 1. The Kier molecular flexibility index (Phi) is 6.59. The monoisotopic (exact) mass is 323 g/mol. The molecule has 1 aliphatic heterocycles. The van der Waals surface area contributed by atoms with Gasteiger partial charge in [-0.2, -0.15) is 0 Å². The summed E-state index contributed by atoms with van der Waals surface area (Å²) in [7, 11) is 0. The van der Waals surface area contributed by atoms with Gasteiger partial charge >= 0.3 is 0 Å². The van der Waals surface area contributed by atoms with Crippen LogP contribution in [0.1, 0.15) is 62.2 Å². The highest BCUT2D eigenvalue weighted by Crippen LogP contribution is 2.18. The number of likely N-dealkylation sites (tertiary alicyclic amines) is 1. The molecule has 6 heteroatoms. The summed E-state index contributed by atoms with van der Waals surface area (Å²) in [6, 6.07) is 1.68. The largest absolute Gasteiger partial charge is 0.390 e. The number of rotatable bonds is 7. The standard InChI is InChI=1S/C17H29N3O3/c1-4-13(3)15-9-16(23-19-15)17(22)18-10-14(21)11-20-7-5-12(2)6-8-20/h9,12-14,21H,4-8,10-11H2,1-3H3,(H,18,22). The van der Waals surface area contributed by atoms with Gasteiger partial charge in [0.2, 0.25) is 5.76 Å². The van der Waals surface area contributed by atoms with Gasteiger partial charge in [-0.1, -0.05) is 25.9 Å². The molecule has 130 valence electrons. The minimum absolute atomic E-state index is 0.208. The molecule has 0 aromatic carbocycles. The van der Waals surface area contributed by atoms with Crippen LogP contribution < -0.4 is 5.32 Å². The van der Waals surface area contributed by atoms with Gasteiger partial charge < -0.3 is 19.8 Å². The predicted molar refractivity (Wildman–Crippen MR) is 88.4 cm³/mol. The van der Waals surface area contributed by atoms with Crippen molar-refractivity contribution < 1.29 is 14.4 Å². The summed E-state index contributed by atoms with van der Waals surface area (Å²) in [5.74, 6) is 0.930. The fourth-order valence-corrected chi connectivity index (χ4v) is 2.74. The molecule has 2 rings (SSSR count). The molecule has 23 heavy (non-hydrogen) atoms. The highest BCUT2D eigenvalue weighted by atomic mass is 16.5. The minimum atomic E-state index is -0.565. The quantitative estimate of drug-likeness (QED) is 0.802. The highest BCUT2D eigenvalue weighted by Gasteiger charge is 2.20. The van der Waals surface area contributed by atoms with Crippen LogP contribution in [0.15, 0.2) is 10.6 Å². The van der Waals surface area contributed by atoms with Gasteiger partial charge in [0.1, 0.15) is 0 Å². The van der Waals surface area contributed by atoms with Gasteiger partial charge in [-0.3, -0.25) is 4.79 Å². The molecule has 2 unspecified atom stereocenters. The van der Waals surface area contributed by atoms with Crippen LogP contribution in [0.4, 0.5) is 0 Å². The Morgan fingerprint density at radius 1 is 1.52 bits per heavy atom. The van der Waals surface area contributed by atoms with E-state index in [-0.39, 0.29) is 24.1 Å². The number of aromatic nitrogens is 1. The van der Waals surface area contributed by atoms with Crippen molar-refractivity contribution in [1.82, 2.24) is 15.4 Å². The number of aliphatic hydroxyl groups is 1. The molecule has 0 spiro atoms. The van der Waals surface area contributed by atoms with E-state index in [4.69, 9.17) is 4.52 Å². The van der Waals surface area contributed by atoms with Gasteiger partial charge in [0.15, 0.2) is 0 Å². The minimum Gasteiger partial charge on any atom is -0.390 e. The Bertz CT molecular complexity index is 495. The van der Waals surface area contributed by atoms with E-state index in [1.54, 1.807) is 6.07 Å². The van der Waals surface area contributed by atoms with Crippen LogP contribution in [0.25, 0.3) is 0 Å². The smallest absolute Gasteiger partial charge is 0.289 e. The average molecular weight is 323 g/mol. The molecule has 1 aliphatic rings. The first kappa shape index (κ1) is 17.9. The molecule has 0 aliphatic carbocycles. The molecule has 6 nitrogen and oxygen atoms in total. The van der Waals surface area contributed by atoms with Crippen LogP contribution >= 0.6 is 0 Å². The second-order valence-corrected chi connectivity index (χ2v) is 6.77. The Morgan fingerprint density at radius 3 is 2.87 bits per heavy atom. The van der Waals surface area contributed by atoms with E-state index in [9.17, 15) is 9.90 Å². The number of β-amino-alcohol motifs (C(OH)–C–C–N with tert-alkyl or cyclic N) is 1. The van der Waals surface area contributed by atoms with Crippen LogP contribution in [-0.2, 0) is 0 Å². The first-order chi connectivity index (χ1) is 11.0. The first-order valence-corrected chi connectivity index (χ1v) is 8.64. The molecule has 1 saturated heterocycles. The number of carbonyl (C=O) groups excluding carboxylic acids is 1. The van der Waals surface area contributed by atoms with E-state index in [0.717, 1.165) is 31.1 Å². The zero-order chi connectivity index (χ0) is 16.8. The van der Waals surface area contributed by atoms with Gasteiger partial charge in [0, 0.05) is 25.1 Å². The Balaban J connectivity index is 1.74. The molecule has 2 N–H and O–H groups in total. The van der Waals surface area contributed by atoms with Gasteiger partial charge in [-0.05, 0) is 38.3 Å². The number of hydrogen-bond acceptors (Lipinski definition) is 5. The van der Waals surface area contributed by atoms with Crippen molar-refractivity contribution in [3.8, 4) is 0 Å². The highest BCUT2D eigenvalue weighted by molar-refractivity contribution is 5.91. The van der Waals surface area contributed by atoms with Crippen molar-refractivity contribution >= 4 is 5.91 Å². The third-order valence-electron chi connectivity index (χ3n) is 4.71. The van der Waals surface area contributed by atoms with E-state index < -0.39 is 6.10 Å². The Hall–Kier alpha value is -1.40. The maximum absolute atomic E-state index is 12.0. The van der Waals surface area contributed by atoms with Crippen LogP contribution in [0, 0.1) is 5.92 Å². The van der Waals surface area contributed by atoms with Crippen molar-refractivity contribution in [1.29, 1.82) is 0 Å². The Labute approximate surface area is 138 Å². The van der Waals surface area contributed by atoms with Crippen LogP contribution in [0.3, 0.4) is 0 Å². The second kappa shape index (κ2) is 8.45. The number of carbonyl (C=O) groups is 1. The molecule has 0 radical (unpaired) electrons. The normalized spacial score (nSPS) is 19.5. The second-order valence-electron chi connectivity index (χ2n) is 6.77. The number of aliphatic hydroxyl groups excluding tert-OH is 1. The molecule has 1 aromatic rings. The fourth-order valence-electron chi connectivity index (χ4n) is 2.74. The average Bonchev–Trinajstić information content (AvgIpc) is 3.04. The van der Waals surface area contributed by atoms with Gasteiger partial charge in [0.25, 0.3) is 5.91 Å². The number of nitrogens with zero attached hydrogens (tertiary/aromatic N) is 2. The molecular weight excluding hydrogens is 294 g/mol. The van der Waals surface area contributed by atoms with Gasteiger partial charge in [-0.25, -0.2) is 0 Å². The lowest BCUT2D eigenvalue weighted by molar-refractivity contribution is 0.0774. The van der Waals surface area contributed by atoms with E-state index >= 15 is 0 Å². The van der Waals surface area contributed by atoms with Crippen LogP contribution in [0.2, 0.25) is 0 Å². The summed E-state index contributed by atoms with van der Waals surface area (Å²) in [6.07, 6.45) is 2.73. The SMILES string of the molecule is CCC(C)c1cc(C(=O)NCC(O)CN2CCC(C)CC2)on1. The summed E-state index contributed by atoms with van der Waals surface area (Å²) in [5.41, 5.74) is 0.792. The summed E-state index contributed by atoms with van der Waals surface area (Å²) < 4.78 is 5.09. The van der Waals surface area contributed by atoms with Gasteiger partial charge in [-0.15, -0.1) is 0 Å². The summed E-state index contributed by atoms with van der Waals surface area (Å²) in [4.78, 5) is 14.3. The van der Waals surface area contributed by atoms with Crippen molar-refractivity contribution in [2.45, 2.75) is 52.1 Å². The maximum Gasteiger partial charge on any atom is 0.289 e. The van der Waals surface area contributed by atoms with E-state index in [2.05, 4.69) is 29.2 Å². The third-order valence-corrected chi connectivity index (χ3v) is 4.71. The van der Waals surface area contributed by atoms with Crippen molar-refractivity contribution in [2.75, 3.05) is 26.2 Å². The molecule has 1 fully saturated rings. The topological polar surface area (TPSA) is 78.6 Å². The van der Waals surface area contributed by atoms with Crippen LogP contribution in [-0.4, -0.2) is 53.4 Å². The van der Waals surface area contributed by atoms with Crippen molar-refractivity contribution in [2.24, 2.45) is 5.92 Å². The molecule has 2 atom stereocenters. The van der Waals surface area contributed by atoms with Crippen LogP contribution in [0.5, 0.6) is 0 Å². The molecule has 0 bridgehead atoms. The maximum atomic E-state index is 12.0. The molecule has 1 amide bonds. The fraction of sp³-hybridized carbons (Fsp3) is 0.765. The van der Waals surface area contributed by atoms with E-state index in [1.807, 2.05) is 6.92 Å². The third kappa shape index (κ3) is 5.32. The Morgan fingerprint density at radius 2 is 2.22 bits per heavy atom. The van der Waals surface area contributed by atoms with Gasteiger partial charge in [0.05, 0.1) is 11.8 Å². The first-order valence-electron chi connectivity index (χ1n) is 8.64. The predicted octanol–water partition coefficient (Wildman–Crippen LogP) is 2.01. The lowest BCUT2D eigenvalue weighted by atomic mass is 9.99. The van der Waals surface area contributed by atoms with E-state index in [0.29, 0.717) is 6.54 Å². The zero-order valence-corrected chi connectivity index (χ0v) is 14.4.